The summed E-state index contributed by atoms with van der Waals surface area (Å²) in [4.78, 5) is 4.13. The zero-order valence-electron chi connectivity index (χ0n) is 13.4. The van der Waals surface area contributed by atoms with Gasteiger partial charge in [-0.05, 0) is 29.8 Å². The first-order valence-corrected chi connectivity index (χ1v) is 7.67. The molecule has 5 heteroatoms. The van der Waals surface area contributed by atoms with Crippen molar-refractivity contribution in [3.63, 3.8) is 0 Å². The Labute approximate surface area is 135 Å². The molecule has 1 unspecified atom stereocenters. The number of hydrogen-bond acceptors (Lipinski definition) is 4. The first-order valence-electron chi connectivity index (χ1n) is 7.67. The van der Waals surface area contributed by atoms with Crippen LogP contribution in [-0.4, -0.2) is 38.9 Å². The Balaban J connectivity index is 1.78. The minimum atomic E-state index is -0.671. The van der Waals surface area contributed by atoms with Gasteiger partial charge in [0.15, 0.2) is 0 Å². The van der Waals surface area contributed by atoms with Gasteiger partial charge in [0.1, 0.15) is 18.2 Å². The molecule has 1 atom stereocenters. The molecule has 3 rings (SSSR count). The molecule has 1 aliphatic heterocycles. The van der Waals surface area contributed by atoms with Crippen molar-refractivity contribution in [2.75, 3.05) is 43.6 Å². The Kier molecular flexibility index (Phi) is 4.39. The van der Waals surface area contributed by atoms with Crippen LogP contribution in [0.1, 0.15) is 11.7 Å². The van der Waals surface area contributed by atoms with Gasteiger partial charge < -0.3 is 19.6 Å². The van der Waals surface area contributed by atoms with Crippen LogP contribution in [0.4, 0.5) is 15.8 Å². The van der Waals surface area contributed by atoms with Crippen LogP contribution in [0.3, 0.4) is 0 Å². The summed E-state index contributed by atoms with van der Waals surface area (Å²) in [7, 11) is 3.97. The van der Waals surface area contributed by atoms with E-state index in [1.807, 2.05) is 37.2 Å². The Morgan fingerprint density at radius 3 is 2.65 bits per heavy atom. The highest BCUT2D eigenvalue weighted by atomic mass is 19.1. The molecule has 0 saturated carbocycles. The Morgan fingerprint density at radius 1 is 1.22 bits per heavy atom. The predicted molar refractivity (Wildman–Crippen MR) is 89.8 cm³/mol. The van der Waals surface area contributed by atoms with Crippen molar-refractivity contribution in [1.82, 2.24) is 0 Å². The molecule has 0 aromatic heterocycles. The van der Waals surface area contributed by atoms with E-state index in [1.54, 1.807) is 12.1 Å². The molecule has 1 heterocycles. The summed E-state index contributed by atoms with van der Waals surface area (Å²) in [5.74, 6) is 0.530. The monoisotopic (exact) mass is 316 g/mol. The third kappa shape index (κ3) is 3.40. The molecule has 4 nitrogen and oxygen atoms in total. The summed E-state index contributed by atoms with van der Waals surface area (Å²) >= 11 is 0. The van der Waals surface area contributed by atoms with E-state index in [0.29, 0.717) is 25.3 Å². The van der Waals surface area contributed by atoms with Gasteiger partial charge >= 0.3 is 0 Å². The van der Waals surface area contributed by atoms with Crippen molar-refractivity contribution in [3.8, 4) is 5.75 Å². The molecule has 2 aromatic carbocycles. The van der Waals surface area contributed by atoms with E-state index >= 15 is 0 Å². The molecule has 0 aliphatic carbocycles. The summed E-state index contributed by atoms with van der Waals surface area (Å²) < 4.78 is 18.7. The van der Waals surface area contributed by atoms with Crippen LogP contribution in [0.15, 0.2) is 42.5 Å². The van der Waals surface area contributed by atoms with Crippen LogP contribution >= 0.6 is 0 Å². The van der Waals surface area contributed by atoms with E-state index in [0.717, 1.165) is 17.1 Å². The fraction of sp³-hybridized carbons (Fsp3) is 0.333. The van der Waals surface area contributed by atoms with Crippen molar-refractivity contribution in [1.29, 1.82) is 0 Å². The van der Waals surface area contributed by atoms with Gasteiger partial charge in [0.05, 0.1) is 18.3 Å². The number of aliphatic hydroxyl groups is 1. The lowest BCUT2D eigenvalue weighted by atomic mass is 10.1. The maximum absolute atomic E-state index is 13.0. The van der Waals surface area contributed by atoms with Gasteiger partial charge in [0.25, 0.3) is 0 Å². The first-order chi connectivity index (χ1) is 11.0. The number of ether oxygens (including phenoxy) is 1. The molecule has 0 bridgehead atoms. The van der Waals surface area contributed by atoms with Crippen LogP contribution in [0, 0.1) is 5.82 Å². The van der Waals surface area contributed by atoms with E-state index in [1.165, 1.54) is 12.1 Å². The number of benzene rings is 2. The largest absolute Gasteiger partial charge is 0.489 e. The fourth-order valence-electron chi connectivity index (χ4n) is 2.73. The van der Waals surface area contributed by atoms with Crippen LogP contribution in [0.5, 0.6) is 5.75 Å². The van der Waals surface area contributed by atoms with Crippen LogP contribution in [-0.2, 0) is 0 Å². The molecule has 122 valence electrons. The van der Waals surface area contributed by atoms with Crippen molar-refractivity contribution in [3.05, 3.63) is 53.8 Å². The van der Waals surface area contributed by atoms with Crippen molar-refractivity contribution < 1.29 is 14.2 Å². The molecule has 0 spiro atoms. The van der Waals surface area contributed by atoms with Gasteiger partial charge in [-0.2, -0.15) is 0 Å². The highest BCUT2D eigenvalue weighted by Crippen LogP contribution is 2.35. The number of anilines is 2. The number of rotatable bonds is 4. The second-order valence-corrected chi connectivity index (χ2v) is 5.91. The average Bonchev–Trinajstić information content (AvgIpc) is 2.55. The minimum Gasteiger partial charge on any atom is -0.489 e. The maximum Gasteiger partial charge on any atom is 0.144 e. The fourth-order valence-corrected chi connectivity index (χ4v) is 2.73. The molecular weight excluding hydrogens is 295 g/mol. The number of halogens is 1. The van der Waals surface area contributed by atoms with Gasteiger partial charge in [-0.25, -0.2) is 4.39 Å². The summed E-state index contributed by atoms with van der Waals surface area (Å²) in [5, 5.41) is 10.4. The number of nitrogens with zero attached hydrogens (tertiary/aromatic N) is 2. The smallest absolute Gasteiger partial charge is 0.144 e. The van der Waals surface area contributed by atoms with E-state index in [9.17, 15) is 9.50 Å². The zero-order chi connectivity index (χ0) is 16.4. The zero-order valence-corrected chi connectivity index (χ0v) is 13.4. The second kappa shape index (κ2) is 6.46. The summed E-state index contributed by atoms with van der Waals surface area (Å²) in [6.07, 6.45) is -0.671. The van der Waals surface area contributed by atoms with Gasteiger partial charge in [0.2, 0.25) is 0 Å². The van der Waals surface area contributed by atoms with E-state index < -0.39 is 6.10 Å². The Bertz CT molecular complexity index is 673. The molecule has 0 amide bonds. The van der Waals surface area contributed by atoms with Gasteiger partial charge in [0, 0.05) is 32.4 Å². The standard InChI is InChI=1S/C18H21FN2O2/c1-20(2)15-7-8-16-18(11-15)23-10-9-21(16)12-17(22)13-3-5-14(19)6-4-13/h3-8,11,17,22H,9-10,12H2,1-2H3. The molecule has 0 fully saturated rings. The second-order valence-electron chi connectivity index (χ2n) is 5.91. The molecule has 0 saturated heterocycles. The van der Waals surface area contributed by atoms with Crippen molar-refractivity contribution in [2.24, 2.45) is 0 Å². The van der Waals surface area contributed by atoms with E-state index in [2.05, 4.69) is 4.90 Å². The molecular formula is C18H21FN2O2. The van der Waals surface area contributed by atoms with Gasteiger partial charge in [-0.1, -0.05) is 12.1 Å². The number of β-amino-alcohol motifs (C(OH)–C–C–N with tert-alkyl or cyclic N) is 1. The minimum absolute atomic E-state index is 0.297. The van der Waals surface area contributed by atoms with E-state index in [4.69, 9.17) is 4.74 Å². The van der Waals surface area contributed by atoms with E-state index in [-0.39, 0.29) is 5.82 Å². The van der Waals surface area contributed by atoms with Crippen LogP contribution < -0.4 is 14.5 Å². The predicted octanol–water partition coefficient (Wildman–Crippen LogP) is 2.82. The highest BCUT2D eigenvalue weighted by molar-refractivity contribution is 5.66. The lowest BCUT2D eigenvalue weighted by Gasteiger charge is -2.33. The molecule has 23 heavy (non-hydrogen) atoms. The summed E-state index contributed by atoms with van der Waals surface area (Å²) in [6, 6.07) is 12.0. The first kappa shape index (κ1) is 15.6. The maximum atomic E-state index is 13.0. The molecule has 0 radical (unpaired) electrons. The lowest BCUT2D eigenvalue weighted by molar-refractivity contribution is 0.179. The van der Waals surface area contributed by atoms with Crippen molar-refractivity contribution >= 4 is 11.4 Å². The average molecular weight is 316 g/mol. The molecule has 2 aromatic rings. The SMILES string of the molecule is CN(C)c1ccc2c(c1)OCCN2CC(O)c1ccc(F)cc1. The Morgan fingerprint density at radius 2 is 1.96 bits per heavy atom. The number of fused-ring (bicyclic) bond motifs is 1. The topological polar surface area (TPSA) is 35.9 Å². The number of aliphatic hydroxyl groups excluding tert-OH is 1. The highest BCUT2D eigenvalue weighted by Gasteiger charge is 2.21. The molecule has 1 N–H and O–H groups in total. The normalized spacial score (nSPS) is 14.9. The summed E-state index contributed by atoms with van der Waals surface area (Å²) in [5.41, 5.74) is 2.76. The third-order valence-corrected chi connectivity index (χ3v) is 4.07. The summed E-state index contributed by atoms with van der Waals surface area (Å²) in [6.45, 7) is 1.75. The quantitative estimate of drug-likeness (QED) is 0.941. The third-order valence-electron chi connectivity index (χ3n) is 4.07. The lowest BCUT2D eigenvalue weighted by Crippen LogP contribution is -2.36. The van der Waals surface area contributed by atoms with Crippen molar-refractivity contribution in [2.45, 2.75) is 6.10 Å². The Hall–Kier alpha value is -2.27. The van der Waals surface area contributed by atoms with Crippen LogP contribution in [0.25, 0.3) is 0 Å². The van der Waals surface area contributed by atoms with Gasteiger partial charge in [-0.3, -0.25) is 0 Å². The van der Waals surface area contributed by atoms with Gasteiger partial charge in [-0.15, -0.1) is 0 Å². The number of hydrogen-bond donors (Lipinski definition) is 1. The van der Waals surface area contributed by atoms with Crippen LogP contribution in [0.2, 0.25) is 0 Å². The molecule has 1 aliphatic rings.